The molecule has 6 nitrogen and oxygen atoms in total. The molecule has 1 saturated heterocycles. The summed E-state index contributed by atoms with van der Waals surface area (Å²) in [6, 6.07) is 0. The van der Waals surface area contributed by atoms with Gasteiger partial charge < -0.3 is 9.64 Å². The zero-order valence-corrected chi connectivity index (χ0v) is 19.4. The van der Waals surface area contributed by atoms with Crippen molar-refractivity contribution in [2.75, 3.05) is 36.5 Å². The van der Waals surface area contributed by atoms with Crippen LogP contribution in [0.2, 0.25) is 0 Å². The van der Waals surface area contributed by atoms with Gasteiger partial charge in [0.2, 0.25) is 12.1 Å². The summed E-state index contributed by atoms with van der Waals surface area (Å²) in [4.78, 5) is 19.3. The summed E-state index contributed by atoms with van der Waals surface area (Å²) in [5.74, 6) is 2.29. The van der Waals surface area contributed by atoms with Crippen molar-refractivity contribution in [3.63, 3.8) is 0 Å². The van der Waals surface area contributed by atoms with Crippen LogP contribution in [0.5, 0.6) is 0 Å². The van der Waals surface area contributed by atoms with Crippen LogP contribution < -0.4 is 14.8 Å². The van der Waals surface area contributed by atoms with E-state index in [0.29, 0.717) is 6.61 Å². The first-order valence-electron chi connectivity index (χ1n) is 11.2. The van der Waals surface area contributed by atoms with Crippen LogP contribution in [0.15, 0.2) is 6.33 Å². The Bertz CT molecular complexity index is 1090. The molecule has 2 aliphatic rings. The second kappa shape index (κ2) is 7.61. The van der Waals surface area contributed by atoms with Crippen molar-refractivity contribution in [2.24, 2.45) is 0 Å². The van der Waals surface area contributed by atoms with Gasteiger partial charge in [-0.2, -0.15) is 0 Å². The first-order chi connectivity index (χ1) is 14.5. The van der Waals surface area contributed by atoms with Gasteiger partial charge in [-0.25, -0.2) is 9.97 Å². The fourth-order valence-electron chi connectivity index (χ4n) is 4.79. The van der Waals surface area contributed by atoms with Crippen molar-refractivity contribution >= 4 is 43.4 Å². The summed E-state index contributed by atoms with van der Waals surface area (Å²) >= 11 is 1.78. The van der Waals surface area contributed by atoms with Crippen LogP contribution in [0.3, 0.4) is 0 Å². The van der Waals surface area contributed by atoms with Crippen LogP contribution in [0.1, 0.15) is 57.6 Å². The average Bonchev–Trinajstić information content (AvgIpc) is 3.38. The molecule has 0 unspecified atom stereocenters. The fraction of sp³-hybridized carbons (Fsp3) is 0.609. The number of hydrogen-bond donors (Lipinski definition) is 0. The molecule has 0 radical (unpaired) electrons. The number of ether oxygens (including phenoxy) is 1. The zero-order chi connectivity index (χ0) is 20.9. The average molecular weight is 427 g/mol. The maximum absolute atomic E-state index is 6.24. The lowest BCUT2D eigenvalue weighted by atomic mass is 9.90. The molecule has 3 aromatic heterocycles. The summed E-state index contributed by atoms with van der Waals surface area (Å²) in [7, 11) is 2.17. The highest BCUT2D eigenvalue weighted by atomic mass is 32.1. The minimum atomic E-state index is -0.167. The van der Waals surface area contributed by atoms with Crippen LogP contribution in [-0.2, 0) is 17.8 Å². The molecule has 0 aliphatic carbocycles. The summed E-state index contributed by atoms with van der Waals surface area (Å²) in [5.41, 5.74) is 3.59. The van der Waals surface area contributed by atoms with Gasteiger partial charge in [-0.15, -0.1) is 16.3 Å². The molecule has 0 spiro atoms. The van der Waals surface area contributed by atoms with Crippen molar-refractivity contribution < 1.29 is 9.72 Å². The third-order valence-electron chi connectivity index (χ3n) is 6.46. The number of fused-ring (bicyclic) bond motifs is 5. The summed E-state index contributed by atoms with van der Waals surface area (Å²) in [6.45, 7) is 10.5. The number of aromatic amines is 1. The molecule has 3 aromatic rings. The molecule has 0 atom stereocenters. The molecule has 5 heterocycles. The fourth-order valence-corrected chi connectivity index (χ4v) is 6.00. The zero-order valence-electron chi connectivity index (χ0n) is 18.5. The molecular weight excluding hydrogens is 394 g/mol. The smallest absolute Gasteiger partial charge is 0.242 e. The number of rotatable bonds is 5. The van der Waals surface area contributed by atoms with E-state index in [4.69, 9.17) is 14.7 Å². The second-order valence-corrected chi connectivity index (χ2v) is 10.3. The van der Waals surface area contributed by atoms with Crippen molar-refractivity contribution in [3.05, 3.63) is 17.5 Å². The van der Waals surface area contributed by atoms with E-state index in [1.807, 2.05) is 6.33 Å². The maximum atomic E-state index is 6.24. The molecule has 0 saturated carbocycles. The highest BCUT2D eigenvalue weighted by Crippen LogP contribution is 2.44. The van der Waals surface area contributed by atoms with Crippen molar-refractivity contribution in [3.8, 4) is 0 Å². The van der Waals surface area contributed by atoms with E-state index in [9.17, 15) is 0 Å². The lowest BCUT2D eigenvalue weighted by Gasteiger charge is -2.34. The van der Waals surface area contributed by atoms with Gasteiger partial charge in [0.15, 0.2) is 5.52 Å². The molecule has 0 amide bonds. The van der Waals surface area contributed by atoms with E-state index in [2.05, 4.69) is 42.6 Å². The Morgan fingerprint density at radius 1 is 1.27 bits per heavy atom. The number of nitrogens with zero attached hydrogens (tertiary/aromatic N) is 4. The maximum Gasteiger partial charge on any atom is 0.242 e. The lowest BCUT2D eigenvalue weighted by Crippen LogP contribution is -2.33. The lowest BCUT2D eigenvalue weighted by molar-refractivity contribution is -0.366. The van der Waals surface area contributed by atoms with Gasteiger partial charge >= 0.3 is 0 Å². The highest BCUT2D eigenvalue weighted by molar-refractivity contribution is 7.26. The van der Waals surface area contributed by atoms with E-state index < -0.39 is 0 Å². The van der Waals surface area contributed by atoms with Gasteiger partial charge in [-0.1, -0.05) is 13.3 Å². The van der Waals surface area contributed by atoms with E-state index in [0.717, 1.165) is 48.0 Å². The Morgan fingerprint density at radius 2 is 2.07 bits per heavy atom. The van der Waals surface area contributed by atoms with Crippen LogP contribution in [0.25, 0.3) is 20.4 Å². The Hall–Kier alpha value is -1.99. The second-order valence-electron chi connectivity index (χ2n) is 9.30. The number of anilines is 2. The summed E-state index contributed by atoms with van der Waals surface area (Å²) in [6.07, 6.45) is 7.60. The van der Waals surface area contributed by atoms with E-state index in [1.54, 1.807) is 11.3 Å². The standard InChI is InChI=1S/C23H31N5OS/c1-5-6-9-27(4)21-19-18(24-14-25-21)17-15-12-23(2,3)29-13-16(15)20(26-22(17)30-19)28-10-7-8-11-28/h14H,5-13H2,1-4H3/p+1. The van der Waals surface area contributed by atoms with Crippen LogP contribution in [-0.4, -0.2) is 42.3 Å². The first-order valence-corrected chi connectivity index (χ1v) is 12.0. The number of H-pyrrole nitrogens is 1. The number of pyridine rings is 1. The van der Waals surface area contributed by atoms with Crippen molar-refractivity contribution in [2.45, 2.75) is 65.1 Å². The molecule has 160 valence electrons. The molecule has 2 aliphatic heterocycles. The van der Waals surface area contributed by atoms with Gasteiger partial charge in [-0.3, -0.25) is 4.90 Å². The van der Waals surface area contributed by atoms with E-state index >= 15 is 0 Å². The molecule has 5 rings (SSSR count). The Balaban J connectivity index is 1.74. The first kappa shape index (κ1) is 19.9. The Labute approximate surface area is 182 Å². The predicted molar refractivity (Wildman–Crippen MR) is 124 cm³/mol. The van der Waals surface area contributed by atoms with Gasteiger partial charge in [-0.05, 0) is 38.7 Å². The molecule has 7 heteroatoms. The normalized spacial score (nSPS) is 18.3. The van der Waals surface area contributed by atoms with Crippen molar-refractivity contribution in [1.82, 2.24) is 9.97 Å². The number of unbranched alkanes of at least 4 members (excludes halogenated alkanes) is 1. The van der Waals surface area contributed by atoms with Crippen LogP contribution in [0, 0.1) is 0 Å². The predicted octanol–water partition coefficient (Wildman–Crippen LogP) is 4.35. The summed E-state index contributed by atoms with van der Waals surface area (Å²) < 4.78 is 7.45. The number of thiophene rings is 1. The van der Waals surface area contributed by atoms with E-state index in [1.165, 1.54) is 46.9 Å². The van der Waals surface area contributed by atoms with Gasteiger partial charge in [0.1, 0.15) is 15.3 Å². The topological polar surface area (TPSA) is 55.6 Å². The summed E-state index contributed by atoms with van der Waals surface area (Å²) in [5, 5.41) is 1.24. The quantitative estimate of drug-likeness (QED) is 0.607. The van der Waals surface area contributed by atoms with Gasteiger partial charge in [0, 0.05) is 25.1 Å². The Morgan fingerprint density at radius 3 is 2.83 bits per heavy atom. The van der Waals surface area contributed by atoms with Crippen molar-refractivity contribution in [1.29, 1.82) is 0 Å². The number of hydrogen-bond acceptors (Lipinski definition) is 6. The SMILES string of the molecule is CCCCN(C)c1[nH+]cnc2c1sc1nc(N3CCCC3)c3c(c12)CC(C)(C)OC3. The molecule has 0 aromatic carbocycles. The molecular formula is C23H32N5OS+. The van der Waals surface area contributed by atoms with Crippen LogP contribution in [0.4, 0.5) is 11.6 Å². The molecule has 0 bridgehead atoms. The molecule has 1 N–H and O–H groups in total. The van der Waals surface area contributed by atoms with Gasteiger partial charge in [0.25, 0.3) is 0 Å². The van der Waals surface area contributed by atoms with E-state index in [-0.39, 0.29) is 5.60 Å². The Kier molecular flexibility index (Phi) is 5.06. The highest BCUT2D eigenvalue weighted by Gasteiger charge is 2.34. The monoisotopic (exact) mass is 426 g/mol. The van der Waals surface area contributed by atoms with Crippen LogP contribution >= 0.6 is 11.3 Å². The third kappa shape index (κ3) is 3.32. The number of nitrogens with one attached hydrogen (secondary N) is 1. The molecule has 30 heavy (non-hydrogen) atoms. The number of aromatic nitrogens is 3. The minimum Gasteiger partial charge on any atom is -0.370 e. The largest absolute Gasteiger partial charge is 0.370 e. The molecule has 1 fully saturated rings. The minimum absolute atomic E-state index is 0.167. The van der Waals surface area contributed by atoms with Gasteiger partial charge in [0.05, 0.1) is 31.2 Å². The third-order valence-corrected chi connectivity index (χ3v) is 7.54.